The minimum atomic E-state index is -1.09. The van der Waals surface area contributed by atoms with Gasteiger partial charge in [0, 0.05) is 29.7 Å². The van der Waals surface area contributed by atoms with E-state index >= 15 is 0 Å². The number of rotatable bonds is 4. The molecular formula is C21H24N4O3. The van der Waals surface area contributed by atoms with Gasteiger partial charge in [-0.3, -0.25) is 4.79 Å². The Balaban J connectivity index is 1.62. The van der Waals surface area contributed by atoms with Crippen molar-refractivity contribution in [3.63, 3.8) is 0 Å². The molecule has 1 amide bonds. The monoisotopic (exact) mass is 380 g/mol. The van der Waals surface area contributed by atoms with Gasteiger partial charge in [-0.25, -0.2) is 14.3 Å². The summed E-state index contributed by atoms with van der Waals surface area (Å²) < 4.78 is 1.84. The first kappa shape index (κ1) is 18.4. The smallest absolute Gasteiger partial charge is 0.329 e. The summed E-state index contributed by atoms with van der Waals surface area (Å²) in [4.78, 5) is 30.7. The maximum atomic E-state index is 12.8. The molecule has 2 aromatic heterocycles. The number of carbonyl (C=O) groups is 2. The summed E-state index contributed by atoms with van der Waals surface area (Å²) in [5.74, 6) is -1.05. The van der Waals surface area contributed by atoms with Crippen LogP contribution in [0.15, 0.2) is 24.3 Å². The number of fused-ring (bicyclic) bond motifs is 3. The number of hydrogen-bond acceptors (Lipinski definition) is 4. The van der Waals surface area contributed by atoms with Gasteiger partial charge in [0.15, 0.2) is 5.65 Å². The van der Waals surface area contributed by atoms with Crippen LogP contribution in [0.3, 0.4) is 0 Å². The number of aryl methyl sites for hydroxylation is 2. The predicted octanol–water partition coefficient (Wildman–Crippen LogP) is 2.90. The fourth-order valence-corrected chi connectivity index (χ4v) is 4.29. The van der Waals surface area contributed by atoms with Crippen LogP contribution in [0.2, 0.25) is 0 Å². The third-order valence-corrected chi connectivity index (χ3v) is 6.01. The largest absolute Gasteiger partial charge is 0.480 e. The van der Waals surface area contributed by atoms with Gasteiger partial charge in [0.25, 0.3) is 0 Å². The average molecular weight is 380 g/mol. The maximum Gasteiger partial charge on any atom is 0.329 e. The van der Waals surface area contributed by atoms with Crippen LogP contribution in [-0.2, 0) is 16.0 Å². The van der Waals surface area contributed by atoms with Crippen molar-refractivity contribution in [3.8, 4) is 0 Å². The molecule has 0 aliphatic carbocycles. The molecule has 4 rings (SSSR count). The van der Waals surface area contributed by atoms with Crippen molar-refractivity contribution in [3.05, 3.63) is 41.2 Å². The highest BCUT2D eigenvalue weighted by atomic mass is 16.4. The lowest BCUT2D eigenvalue weighted by molar-refractivity contribution is -0.155. The minimum absolute atomic E-state index is 0.119. The maximum absolute atomic E-state index is 12.8. The van der Waals surface area contributed by atoms with Crippen molar-refractivity contribution >= 4 is 28.4 Å². The number of nitrogens with zero attached hydrogens (tertiary/aromatic N) is 4. The lowest BCUT2D eigenvalue weighted by Crippen LogP contribution is -2.50. The molecule has 1 aliphatic rings. The second kappa shape index (κ2) is 6.58. The molecule has 3 heterocycles. The summed E-state index contributed by atoms with van der Waals surface area (Å²) in [6.45, 7) is 6.08. The third kappa shape index (κ3) is 2.73. The van der Waals surface area contributed by atoms with Crippen molar-refractivity contribution in [2.75, 3.05) is 6.54 Å². The van der Waals surface area contributed by atoms with Crippen LogP contribution in [0, 0.1) is 13.8 Å². The second-order valence-electron chi connectivity index (χ2n) is 7.74. The molecule has 1 unspecified atom stereocenters. The standard InChI is InChI=1S/C21H24N4O3/c1-13-15(9-10-18(26)24-12-6-11-21(24,3)20(27)28)14(2)25-19(22-13)16-7-4-5-8-17(16)23-25/h4-5,7-8H,6,9-12H2,1-3H3,(H,27,28). The van der Waals surface area contributed by atoms with Crippen LogP contribution < -0.4 is 0 Å². The fourth-order valence-electron chi connectivity index (χ4n) is 4.29. The molecule has 1 N–H and O–H groups in total. The Hall–Kier alpha value is -2.96. The van der Waals surface area contributed by atoms with Crippen LogP contribution in [0.4, 0.5) is 0 Å². The molecule has 1 aliphatic heterocycles. The van der Waals surface area contributed by atoms with Gasteiger partial charge in [0.05, 0.1) is 5.52 Å². The Labute approximate surface area is 163 Å². The van der Waals surface area contributed by atoms with E-state index in [4.69, 9.17) is 4.98 Å². The minimum Gasteiger partial charge on any atom is -0.480 e. The van der Waals surface area contributed by atoms with Gasteiger partial charge in [-0.1, -0.05) is 12.1 Å². The van der Waals surface area contributed by atoms with Crippen molar-refractivity contribution in [2.24, 2.45) is 0 Å². The van der Waals surface area contributed by atoms with Gasteiger partial charge in [-0.15, -0.1) is 0 Å². The van der Waals surface area contributed by atoms with Crippen molar-refractivity contribution in [1.29, 1.82) is 0 Å². The van der Waals surface area contributed by atoms with E-state index in [1.807, 2.05) is 42.6 Å². The van der Waals surface area contributed by atoms with Crippen LogP contribution in [0.1, 0.15) is 43.1 Å². The van der Waals surface area contributed by atoms with Gasteiger partial charge in [-0.05, 0) is 57.7 Å². The van der Waals surface area contributed by atoms with E-state index in [1.54, 1.807) is 6.92 Å². The quantitative estimate of drug-likeness (QED) is 0.752. The number of carbonyl (C=O) groups excluding carboxylic acids is 1. The number of aliphatic carboxylic acids is 1. The molecule has 1 atom stereocenters. The summed E-state index contributed by atoms with van der Waals surface area (Å²) in [7, 11) is 0. The molecule has 1 saturated heterocycles. The highest BCUT2D eigenvalue weighted by Gasteiger charge is 2.45. The van der Waals surface area contributed by atoms with Crippen LogP contribution in [0.5, 0.6) is 0 Å². The number of benzene rings is 1. The Morgan fingerprint density at radius 3 is 2.75 bits per heavy atom. The van der Waals surface area contributed by atoms with E-state index in [0.29, 0.717) is 19.4 Å². The zero-order valence-corrected chi connectivity index (χ0v) is 16.4. The molecule has 0 bridgehead atoms. The molecule has 146 valence electrons. The van der Waals surface area contributed by atoms with Gasteiger partial charge in [0.1, 0.15) is 5.54 Å². The number of amides is 1. The lowest BCUT2D eigenvalue weighted by atomic mass is 9.98. The molecule has 28 heavy (non-hydrogen) atoms. The van der Waals surface area contributed by atoms with E-state index in [2.05, 4.69) is 5.10 Å². The lowest BCUT2D eigenvalue weighted by Gasteiger charge is -2.31. The van der Waals surface area contributed by atoms with Crippen LogP contribution >= 0.6 is 0 Å². The summed E-state index contributed by atoms with van der Waals surface area (Å²) in [5, 5.41) is 15.2. The van der Waals surface area contributed by atoms with Gasteiger partial charge in [-0.2, -0.15) is 5.10 Å². The topological polar surface area (TPSA) is 87.8 Å². The zero-order valence-electron chi connectivity index (χ0n) is 16.4. The summed E-state index contributed by atoms with van der Waals surface area (Å²) in [6.07, 6.45) is 2.00. The Morgan fingerprint density at radius 1 is 1.25 bits per heavy atom. The highest BCUT2D eigenvalue weighted by Crippen LogP contribution is 2.30. The number of aromatic nitrogens is 3. The highest BCUT2D eigenvalue weighted by molar-refractivity contribution is 5.92. The van der Waals surface area contributed by atoms with Crippen molar-refractivity contribution in [2.45, 2.75) is 52.0 Å². The van der Waals surface area contributed by atoms with E-state index in [-0.39, 0.29) is 12.3 Å². The Kier molecular flexibility index (Phi) is 4.33. The van der Waals surface area contributed by atoms with E-state index < -0.39 is 11.5 Å². The van der Waals surface area contributed by atoms with E-state index in [0.717, 1.165) is 39.9 Å². The Morgan fingerprint density at radius 2 is 2.00 bits per heavy atom. The molecule has 3 aromatic rings. The molecular weight excluding hydrogens is 356 g/mol. The molecule has 7 nitrogen and oxygen atoms in total. The van der Waals surface area contributed by atoms with Gasteiger partial charge in [0.2, 0.25) is 5.91 Å². The number of hydrogen-bond donors (Lipinski definition) is 1. The molecule has 0 spiro atoms. The predicted molar refractivity (Wildman–Crippen MR) is 105 cm³/mol. The van der Waals surface area contributed by atoms with E-state index in [1.165, 1.54) is 4.90 Å². The number of carboxylic acids is 1. The zero-order chi connectivity index (χ0) is 20.1. The molecule has 0 saturated carbocycles. The average Bonchev–Trinajstić information content (AvgIpc) is 3.23. The first-order chi connectivity index (χ1) is 13.3. The Bertz CT molecular complexity index is 1100. The number of carboxylic acid groups (broad SMARTS) is 1. The molecule has 1 fully saturated rings. The molecule has 0 radical (unpaired) electrons. The molecule has 1 aromatic carbocycles. The third-order valence-electron chi connectivity index (χ3n) is 6.01. The SMILES string of the molecule is Cc1nc2c3ccccc3nn2c(C)c1CCC(=O)N1CCCC1(C)C(=O)O. The summed E-state index contributed by atoms with van der Waals surface area (Å²) in [5.41, 5.74) is 3.45. The van der Waals surface area contributed by atoms with Crippen LogP contribution in [0.25, 0.3) is 16.6 Å². The first-order valence-electron chi connectivity index (χ1n) is 9.60. The molecule has 7 heteroatoms. The van der Waals surface area contributed by atoms with E-state index in [9.17, 15) is 14.7 Å². The van der Waals surface area contributed by atoms with Crippen LogP contribution in [-0.4, -0.2) is 48.6 Å². The van der Waals surface area contributed by atoms with Crippen molar-refractivity contribution < 1.29 is 14.7 Å². The first-order valence-corrected chi connectivity index (χ1v) is 9.60. The summed E-state index contributed by atoms with van der Waals surface area (Å²) in [6, 6.07) is 7.89. The summed E-state index contributed by atoms with van der Waals surface area (Å²) >= 11 is 0. The van der Waals surface area contributed by atoms with Gasteiger partial charge < -0.3 is 10.0 Å². The number of likely N-dealkylation sites (tertiary alicyclic amines) is 1. The van der Waals surface area contributed by atoms with Crippen molar-refractivity contribution in [1.82, 2.24) is 19.5 Å². The fraction of sp³-hybridized carbons (Fsp3) is 0.429. The second-order valence-corrected chi connectivity index (χ2v) is 7.74. The normalized spacial score (nSPS) is 19.6. The van der Waals surface area contributed by atoms with Gasteiger partial charge >= 0.3 is 5.97 Å².